The van der Waals surface area contributed by atoms with Gasteiger partial charge in [-0.25, -0.2) is 13.8 Å². The van der Waals surface area contributed by atoms with E-state index in [1.54, 1.807) is 0 Å². The van der Waals surface area contributed by atoms with Gasteiger partial charge in [-0.3, -0.25) is 5.10 Å². The highest BCUT2D eigenvalue weighted by atomic mass is 19.2. The molecule has 25 heavy (non-hydrogen) atoms. The zero-order valence-electron chi connectivity index (χ0n) is 13.9. The SMILES string of the molecule is Cc1nc(-c2cccc(N[C@@H](C)COc3ccc(F)c(F)c3)c2)n[nH]1. The molecule has 0 saturated carbocycles. The van der Waals surface area contributed by atoms with Crippen molar-refractivity contribution in [3.8, 4) is 17.1 Å². The van der Waals surface area contributed by atoms with E-state index >= 15 is 0 Å². The van der Waals surface area contributed by atoms with Crippen molar-refractivity contribution in [3.05, 3.63) is 59.9 Å². The molecule has 0 amide bonds. The first-order valence-electron chi connectivity index (χ1n) is 7.85. The number of benzene rings is 2. The Bertz CT molecular complexity index is 866. The molecule has 0 fully saturated rings. The Morgan fingerprint density at radius 1 is 1.16 bits per heavy atom. The topological polar surface area (TPSA) is 62.8 Å². The molecule has 1 atom stereocenters. The maximum atomic E-state index is 13.2. The standard InChI is InChI=1S/C18H18F2N4O/c1-11(10-25-15-6-7-16(19)17(20)9-15)21-14-5-3-4-13(8-14)18-22-12(2)23-24-18/h3-9,11,21H,10H2,1-2H3,(H,22,23,24)/t11-/m0/s1. The molecule has 0 bridgehead atoms. The van der Waals surface area contributed by atoms with Gasteiger partial charge in [0.25, 0.3) is 0 Å². The second kappa shape index (κ2) is 7.29. The van der Waals surface area contributed by atoms with Crippen LogP contribution >= 0.6 is 0 Å². The molecule has 0 spiro atoms. The van der Waals surface area contributed by atoms with Crippen molar-refractivity contribution < 1.29 is 13.5 Å². The summed E-state index contributed by atoms with van der Waals surface area (Å²) < 4.78 is 31.6. The number of anilines is 1. The van der Waals surface area contributed by atoms with E-state index in [-0.39, 0.29) is 11.8 Å². The minimum Gasteiger partial charge on any atom is -0.491 e. The third-order valence-corrected chi connectivity index (χ3v) is 3.52. The van der Waals surface area contributed by atoms with Crippen molar-refractivity contribution in [1.29, 1.82) is 0 Å². The fourth-order valence-electron chi connectivity index (χ4n) is 2.33. The lowest BCUT2D eigenvalue weighted by molar-refractivity contribution is 0.301. The smallest absolute Gasteiger partial charge is 0.181 e. The van der Waals surface area contributed by atoms with Crippen LogP contribution < -0.4 is 10.1 Å². The van der Waals surface area contributed by atoms with E-state index in [0.29, 0.717) is 12.4 Å². The quantitative estimate of drug-likeness (QED) is 0.711. The van der Waals surface area contributed by atoms with Crippen molar-refractivity contribution in [2.24, 2.45) is 0 Å². The van der Waals surface area contributed by atoms with Crippen LogP contribution in [0.3, 0.4) is 0 Å². The highest BCUT2D eigenvalue weighted by molar-refractivity contribution is 5.62. The molecule has 0 saturated heterocycles. The maximum absolute atomic E-state index is 13.2. The molecule has 1 aromatic heterocycles. The molecule has 0 aliphatic heterocycles. The number of halogens is 2. The Morgan fingerprint density at radius 2 is 2.00 bits per heavy atom. The summed E-state index contributed by atoms with van der Waals surface area (Å²) in [5.41, 5.74) is 1.78. The predicted octanol–water partition coefficient (Wildman–Crippen LogP) is 3.94. The van der Waals surface area contributed by atoms with Gasteiger partial charge in [0, 0.05) is 17.3 Å². The van der Waals surface area contributed by atoms with Crippen LogP contribution in [0.25, 0.3) is 11.4 Å². The molecule has 7 heteroatoms. The summed E-state index contributed by atoms with van der Waals surface area (Å²) in [5, 5.41) is 10.3. The summed E-state index contributed by atoms with van der Waals surface area (Å²) in [4.78, 5) is 4.31. The highest BCUT2D eigenvalue weighted by Gasteiger charge is 2.08. The second-order valence-electron chi connectivity index (χ2n) is 5.76. The van der Waals surface area contributed by atoms with Gasteiger partial charge >= 0.3 is 0 Å². The normalized spacial score (nSPS) is 12.0. The minimum atomic E-state index is -0.924. The van der Waals surface area contributed by atoms with Crippen LogP contribution in [0.4, 0.5) is 14.5 Å². The summed E-state index contributed by atoms with van der Waals surface area (Å²) in [5.74, 6) is -0.142. The summed E-state index contributed by atoms with van der Waals surface area (Å²) in [6, 6.07) is 11.1. The largest absolute Gasteiger partial charge is 0.491 e. The number of rotatable bonds is 6. The van der Waals surface area contributed by atoms with E-state index in [2.05, 4.69) is 20.5 Å². The van der Waals surface area contributed by atoms with Gasteiger partial charge in [-0.15, -0.1) is 0 Å². The van der Waals surface area contributed by atoms with Crippen LogP contribution in [-0.2, 0) is 0 Å². The number of H-pyrrole nitrogens is 1. The van der Waals surface area contributed by atoms with Crippen molar-refractivity contribution in [2.45, 2.75) is 19.9 Å². The number of hydrogen-bond donors (Lipinski definition) is 2. The first kappa shape index (κ1) is 16.9. The van der Waals surface area contributed by atoms with Crippen molar-refractivity contribution >= 4 is 5.69 Å². The van der Waals surface area contributed by atoms with Crippen molar-refractivity contribution in [1.82, 2.24) is 15.2 Å². The lowest BCUT2D eigenvalue weighted by atomic mass is 10.2. The molecule has 3 rings (SSSR count). The summed E-state index contributed by atoms with van der Waals surface area (Å²) in [7, 11) is 0. The molecule has 5 nitrogen and oxygen atoms in total. The van der Waals surface area contributed by atoms with E-state index in [4.69, 9.17) is 4.74 Å². The number of nitrogens with zero attached hydrogens (tertiary/aromatic N) is 2. The molecule has 0 aliphatic carbocycles. The molecule has 3 aromatic rings. The van der Waals surface area contributed by atoms with Gasteiger partial charge in [0.2, 0.25) is 0 Å². The van der Waals surface area contributed by atoms with Crippen LogP contribution in [-0.4, -0.2) is 27.8 Å². The van der Waals surface area contributed by atoms with Gasteiger partial charge in [-0.05, 0) is 38.1 Å². The fraction of sp³-hybridized carbons (Fsp3) is 0.222. The predicted molar refractivity (Wildman–Crippen MR) is 91.5 cm³/mol. The molecule has 130 valence electrons. The first-order chi connectivity index (χ1) is 12.0. The Hall–Kier alpha value is -2.96. The van der Waals surface area contributed by atoms with Gasteiger partial charge in [0.15, 0.2) is 17.5 Å². The van der Waals surface area contributed by atoms with Crippen LogP contribution in [0.15, 0.2) is 42.5 Å². The Morgan fingerprint density at radius 3 is 2.72 bits per heavy atom. The highest BCUT2D eigenvalue weighted by Crippen LogP contribution is 2.20. The number of aromatic amines is 1. The molecule has 2 aromatic carbocycles. The lowest BCUT2D eigenvalue weighted by Crippen LogP contribution is -2.23. The van der Waals surface area contributed by atoms with E-state index < -0.39 is 11.6 Å². The molecule has 0 aliphatic rings. The fourth-order valence-corrected chi connectivity index (χ4v) is 2.33. The van der Waals surface area contributed by atoms with Crippen LogP contribution in [0.2, 0.25) is 0 Å². The zero-order valence-corrected chi connectivity index (χ0v) is 13.9. The van der Waals surface area contributed by atoms with Crippen LogP contribution in [0.5, 0.6) is 5.75 Å². The zero-order chi connectivity index (χ0) is 17.8. The van der Waals surface area contributed by atoms with Crippen LogP contribution in [0.1, 0.15) is 12.7 Å². The molecule has 0 unspecified atom stereocenters. The van der Waals surface area contributed by atoms with E-state index in [0.717, 1.165) is 29.2 Å². The minimum absolute atomic E-state index is 0.0442. The first-order valence-corrected chi connectivity index (χ1v) is 7.85. The number of ether oxygens (including phenoxy) is 1. The summed E-state index contributed by atoms with van der Waals surface area (Å²) in [6.07, 6.45) is 0. The van der Waals surface area contributed by atoms with Crippen molar-refractivity contribution in [3.63, 3.8) is 0 Å². The van der Waals surface area contributed by atoms with Gasteiger partial charge in [-0.1, -0.05) is 12.1 Å². The van der Waals surface area contributed by atoms with Gasteiger partial charge in [0.05, 0.1) is 6.04 Å². The lowest BCUT2D eigenvalue weighted by Gasteiger charge is -2.16. The van der Waals surface area contributed by atoms with E-state index in [9.17, 15) is 8.78 Å². The van der Waals surface area contributed by atoms with Gasteiger partial charge in [-0.2, -0.15) is 5.10 Å². The molecule has 1 heterocycles. The third kappa shape index (κ3) is 4.32. The number of hydrogen-bond acceptors (Lipinski definition) is 4. The van der Waals surface area contributed by atoms with Gasteiger partial charge in [0.1, 0.15) is 18.2 Å². The van der Waals surface area contributed by atoms with Gasteiger partial charge < -0.3 is 10.1 Å². The summed E-state index contributed by atoms with van der Waals surface area (Å²) in [6.45, 7) is 4.08. The molecule has 2 N–H and O–H groups in total. The van der Waals surface area contributed by atoms with Crippen LogP contribution in [0, 0.1) is 18.6 Å². The Kier molecular flexibility index (Phi) is 4.92. The monoisotopic (exact) mass is 344 g/mol. The van der Waals surface area contributed by atoms with E-state index in [1.807, 2.05) is 38.1 Å². The second-order valence-corrected chi connectivity index (χ2v) is 5.76. The van der Waals surface area contributed by atoms with E-state index in [1.165, 1.54) is 6.07 Å². The summed E-state index contributed by atoms with van der Waals surface area (Å²) >= 11 is 0. The maximum Gasteiger partial charge on any atom is 0.181 e. The van der Waals surface area contributed by atoms with Crippen molar-refractivity contribution in [2.75, 3.05) is 11.9 Å². The Labute approximate surface area is 144 Å². The molecular weight excluding hydrogens is 326 g/mol. The number of aromatic nitrogens is 3. The number of aryl methyl sites for hydroxylation is 1. The molecular formula is C18H18F2N4O. The average Bonchev–Trinajstić information content (AvgIpc) is 3.03. The molecule has 0 radical (unpaired) electrons. The number of nitrogens with one attached hydrogen (secondary N) is 2. The average molecular weight is 344 g/mol. The third-order valence-electron chi connectivity index (χ3n) is 3.52. The Balaban J connectivity index is 1.61.